The van der Waals surface area contributed by atoms with E-state index in [1.165, 1.54) is 6.33 Å². The Kier molecular flexibility index (Phi) is 3.41. The summed E-state index contributed by atoms with van der Waals surface area (Å²) in [5.41, 5.74) is 1.96. The molecule has 1 aliphatic rings. The monoisotopic (exact) mass is 396 g/mol. The zero-order chi connectivity index (χ0) is 22.5. The minimum absolute atomic E-state index is 0.0297. The van der Waals surface area contributed by atoms with Crippen molar-refractivity contribution in [3.63, 3.8) is 0 Å². The Labute approximate surface area is 171 Å². The summed E-state index contributed by atoms with van der Waals surface area (Å²) in [6, 6.07) is 3.77. The van der Waals surface area contributed by atoms with Gasteiger partial charge in [-0.25, -0.2) is 9.50 Å². The molecule has 9 heteroatoms. The van der Waals surface area contributed by atoms with Gasteiger partial charge >= 0.3 is 0 Å². The molecule has 0 radical (unpaired) electrons. The number of fused-ring (bicyclic) bond motifs is 2. The van der Waals surface area contributed by atoms with Gasteiger partial charge in [0, 0.05) is 24.0 Å². The van der Waals surface area contributed by atoms with E-state index in [1.807, 2.05) is 19.1 Å². The molecule has 0 aromatic carbocycles. The molecule has 0 atom stereocenters. The van der Waals surface area contributed by atoms with Gasteiger partial charge in [-0.2, -0.15) is 15.1 Å². The molecular formula is C20H23N7O2. The van der Waals surface area contributed by atoms with Crippen molar-refractivity contribution in [1.82, 2.24) is 29.5 Å². The maximum atomic E-state index is 10.2. The first-order chi connectivity index (χ1) is 15.2. The normalized spacial score (nSPS) is 24.2. The lowest BCUT2D eigenvalue weighted by Crippen LogP contribution is -2.36. The third kappa shape index (κ3) is 3.27. The van der Waals surface area contributed by atoms with Crippen molar-refractivity contribution in [3.05, 3.63) is 30.9 Å². The summed E-state index contributed by atoms with van der Waals surface area (Å²) in [6.45, 7) is 1.84. The first-order valence-corrected chi connectivity index (χ1v) is 9.54. The minimum atomic E-state index is -2.67. The smallest absolute Gasteiger partial charge is 0.228 e. The second-order valence-corrected chi connectivity index (χ2v) is 7.77. The highest BCUT2D eigenvalue weighted by Crippen LogP contribution is 2.35. The fraction of sp³-hybridized carbons (Fsp3) is 0.400. The molecule has 9 nitrogen and oxygen atoms in total. The molecule has 0 spiro atoms. The fourth-order valence-electron chi connectivity index (χ4n) is 3.92. The van der Waals surface area contributed by atoms with Crippen molar-refractivity contribution in [2.45, 2.75) is 44.2 Å². The number of nitrogens with one attached hydrogen (secondary N) is 2. The quantitative estimate of drug-likeness (QED) is 0.486. The number of pyridine rings is 1. The number of rotatable bonds is 4. The second kappa shape index (κ2) is 6.70. The molecule has 5 rings (SSSR count). The average Bonchev–Trinajstić information content (AvgIpc) is 3.34. The van der Waals surface area contributed by atoms with Gasteiger partial charge in [-0.05, 0) is 50.3 Å². The predicted octanol–water partition coefficient (Wildman–Crippen LogP) is 2.78. The van der Waals surface area contributed by atoms with Gasteiger partial charge in [0.25, 0.3) is 0 Å². The van der Waals surface area contributed by atoms with Crippen molar-refractivity contribution < 1.29 is 14.0 Å². The number of aliphatic hydroxyl groups is 1. The molecule has 1 saturated carbocycles. The zero-order valence-corrected chi connectivity index (χ0v) is 15.9. The van der Waals surface area contributed by atoms with Crippen LogP contribution < -0.4 is 10.1 Å². The number of ether oxygens (including phenoxy) is 1. The number of hydrogen-bond acceptors (Lipinski definition) is 7. The molecule has 4 heterocycles. The molecule has 0 saturated heterocycles. The molecule has 0 amide bonds. The molecule has 29 heavy (non-hydrogen) atoms. The Bertz CT molecular complexity index is 1270. The predicted molar refractivity (Wildman–Crippen MR) is 109 cm³/mol. The van der Waals surface area contributed by atoms with E-state index in [2.05, 4.69) is 30.4 Å². The topological polar surface area (TPSA) is 113 Å². The van der Waals surface area contributed by atoms with E-state index in [0.29, 0.717) is 35.1 Å². The lowest BCUT2D eigenvalue weighted by molar-refractivity contribution is 0.0195. The van der Waals surface area contributed by atoms with Gasteiger partial charge in [-0.3, -0.25) is 0 Å². The van der Waals surface area contributed by atoms with Gasteiger partial charge in [-0.15, -0.1) is 0 Å². The summed E-state index contributed by atoms with van der Waals surface area (Å²) >= 11 is 0. The van der Waals surface area contributed by atoms with Crippen LogP contribution in [-0.4, -0.2) is 53.3 Å². The van der Waals surface area contributed by atoms with E-state index >= 15 is 0 Å². The van der Waals surface area contributed by atoms with Crippen LogP contribution in [0, 0.1) is 0 Å². The van der Waals surface area contributed by atoms with Gasteiger partial charge in [0.2, 0.25) is 11.8 Å². The molecular weight excluding hydrogens is 370 g/mol. The number of anilines is 1. The van der Waals surface area contributed by atoms with Crippen LogP contribution in [0.3, 0.4) is 0 Å². The highest BCUT2D eigenvalue weighted by molar-refractivity contribution is 5.98. The third-order valence-corrected chi connectivity index (χ3v) is 5.58. The summed E-state index contributed by atoms with van der Waals surface area (Å²) in [5, 5.41) is 18.0. The summed E-state index contributed by atoms with van der Waals surface area (Å²) in [5.74, 6) is 0.252. The Hall–Kier alpha value is -3.20. The van der Waals surface area contributed by atoms with Gasteiger partial charge in [-0.1, -0.05) is 0 Å². The average molecular weight is 396 g/mol. The van der Waals surface area contributed by atoms with Crippen LogP contribution in [0.1, 0.15) is 36.7 Å². The standard InChI is InChI=1S/C20H23N7O2/c1-20(28)6-3-13(4-7-20)24-19-25-17-16(18(26-19)29-2)14(10-21-17)12-5-8-27-15(9-12)22-11-23-27/h5,8-11,13,28H,3-4,6-7H2,1-2H3,(H2,21,24,25,26)/i2D3. The number of aromatic amines is 1. The number of aromatic nitrogens is 6. The molecule has 0 aliphatic heterocycles. The highest BCUT2D eigenvalue weighted by atomic mass is 16.5. The van der Waals surface area contributed by atoms with Crippen LogP contribution in [0.15, 0.2) is 30.9 Å². The van der Waals surface area contributed by atoms with Crippen molar-refractivity contribution in [2.75, 3.05) is 12.4 Å². The van der Waals surface area contributed by atoms with E-state index in [1.54, 1.807) is 16.9 Å². The maximum absolute atomic E-state index is 10.2. The molecule has 3 N–H and O–H groups in total. The number of nitrogens with zero attached hydrogens (tertiary/aromatic N) is 5. The first-order valence-electron chi connectivity index (χ1n) is 11.0. The Morgan fingerprint density at radius 2 is 2.24 bits per heavy atom. The summed E-state index contributed by atoms with van der Waals surface area (Å²) in [7, 11) is -2.67. The van der Waals surface area contributed by atoms with Crippen molar-refractivity contribution >= 4 is 22.6 Å². The van der Waals surface area contributed by atoms with Gasteiger partial charge in [0.05, 0.1) is 22.1 Å². The van der Waals surface area contributed by atoms with Crippen LogP contribution in [0.2, 0.25) is 0 Å². The van der Waals surface area contributed by atoms with Gasteiger partial charge < -0.3 is 20.1 Å². The number of methoxy groups -OCH3 is 1. The Morgan fingerprint density at radius 3 is 3.07 bits per heavy atom. The molecule has 4 aromatic rings. The molecule has 1 aliphatic carbocycles. The molecule has 0 bridgehead atoms. The number of hydrogen-bond donors (Lipinski definition) is 3. The van der Waals surface area contributed by atoms with E-state index in [-0.39, 0.29) is 17.9 Å². The molecule has 1 fully saturated rings. The summed E-state index contributed by atoms with van der Waals surface area (Å²) in [6.07, 6.45) is 7.84. The van der Waals surface area contributed by atoms with Crippen LogP contribution in [0.4, 0.5) is 5.95 Å². The third-order valence-electron chi connectivity index (χ3n) is 5.58. The van der Waals surface area contributed by atoms with Gasteiger partial charge in [0.15, 0.2) is 5.65 Å². The van der Waals surface area contributed by atoms with Crippen molar-refractivity contribution in [1.29, 1.82) is 0 Å². The van der Waals surface area contributed by atoms with E-state index in [9.17, 15) is 5.11 Å². The largest absolute Gasteiger partial charge is 0.480 e. The molecule has 150 valence electrons. The lowest BCUT2D eigenvalue weighted by Gasteiger charge is -2.33. The zero-order valence-electron chi connectivity index (χ0n) is 18.9. The maximum Gasteiger partial charge on any atom is 0.228 e. The lowest BCUT2D eigenvalue weighted by atomic mass is 9.84. The summed E-state index contributed by atoms with van der Waals surface area (Å²) in [4.78, 5) is 16.3. The fourth-order valence-corrected chi connectivity index (χ4v) is 3.92. The van der Waals surface area contributed by atoms with Crippen LogP contribution in [-0.2, 0) is 0 Å². The van der Waals surface area contributed by atoms with Gasteiger partial charge in [0.1, 0.15) is 12.0 Å². The number of H-pyrrole nitrogens is 1. The van der Waals surface area contributed by atoms with E-state index in [4.69, 9.17) is 8.85 Å². The molecule has 0 unspecified atom stereocenters. The highest BCUT2D eigenvalue weighted by Gasteiger charge is 2.29. The second-order valence-electron chi connectivity index (χ2n) is 7.77. The van der Waals surface area contributed by atoms with Crippen LogP contribution in [0.25, 0.3) is 27.8 Å². The summed E-state index contributed by atoms with van der Waals surface area (Å²) < 4.78 is 29.7. The Balaban J connectivity index is 1.54. The van der Waals surface area contributed by atoms with Crippen molar-refractivity contribution in [3.8, 4) is 17.0 Å². The Morgan fingerprint density at radius 1 is 1.38 bits per heavy atom. The van der Waals surface area contributed by atoms with E-state index < -0.39 is 12.6 Å². The van der Waals surface area contributed by atoms with E-state index in [0.717, 1.165) is 18.4 Å². The first kappa shape index (κ1) is 14.7. The van der Waals surface area contributed by atoms with Crippen LogP contribution >= 0.6 is 0 Å². The van der Waals surface area contributed by atoms with Crippen LogP contribution in [0.5, 0.6) is 5.88 Å². The van der Waals surface area contributed by atoms with Crippen molar-refractivity contribution in [2.24, 2.45) is 0 Å². The molecule has 4 aromatic heterocycles. The SMILES string of the molecule is [2H]C([2H])([2H])Oc1nc(NC2CCC(C)(O)CC2)nc2[nH]cc(-c3ccn4ncnc4c3)c12. The minimum Gasteiger partial charge on any atom is -0.480 e.